The molecule has 72 valence electrons. The quantitative estimate of drug-likeness (QED) is 0.632. The molecule has 0 fully saturated rings. The highest BCUT2D eigenvalue weighted by Crippen LogP contribution is 2.31. The van der Waals surface area contributed by atoms with Crippen molar-refractivity contribution in [1.29, 1.82) is 0 Å². The van der Waals surface area contributed by atoms with Gasteiger partial charge >= 0.3 is 0 Å². The zero-order valence-corrected chi connectivity index (χ0v) is 8.28. The fourth-order valence-corrected chi connectivity index (χ4v) is 1.64. The minimum absolute atomic E-state index is 0.426. The van der Waals surface area contributed by atoms with Gasteiger partial charge < -0.3 is 4.74 Å². The summed E-state index contributed by atoms with van der Waals surface area (Å²) in [6.45, 7) is 4.04. The van der Waals surface area contributed by atoms with Crippen molar-refractivity contribution in [3.8, 4) is 5.75 Å². The third-order valence-electron chi connectivity index (χ3n) is 2.37. The zero-order valence-electron chi connectivity index (χ0n) is 8.28. The van der Waals surface area contributed by atoms with Gasteiger partial charge in [-0.2, -0.15) is 0 Å². The van der Waals surface area contributed by atoms with E-state index >= 15 is 0 Å². The minimum Gasteiger partial charge on any atom is -0.478 e. The SMILES string of the molecule is CC1=CC(C=O)Oc2ccc(C)cc21. The Morgan fingerprint density at radius 2 is 2.14 bits per heavy atom. The van der Waals surface area contributed by atoms with Gasteiger partial charge in [0.1, 0.15) is 5.75 Å². The highest BCUT2D eigenvalue weighted by Gasteiger charge is 2.17. The smallest absolute Gasteiger partial charge is 0.172 e. The van der Waals surface area contributed by atoms with Crippen molar-refractivity contribution in [2.24, 2.45) is 0 Å². The molecule has 1 aromatic carbocycles. The molecule has 0 bridgehead atoms. The number of allylic oxidation sites excluding steroid dienone is 1. The Balaban J connectivity index is 2.50. The zero-order chi connectivity index (χ0) is 10.1. The van der Waals surface area contributed by atoms with E-state index in [0.717, 1.165) is 23.2 Å². The van der Waals surface area contributed by atoms with Crippen LogP contribution < -0.4 is 4.74 Å². The van der Waals surface area contributed by atoms with Gasteiger partial charge in [-0.15, -0.1) is 0 Å². The standard InChI is InChI=1S/C12H12O2/c1-8-3-4-12-11(5-8)9(2)6-10(7-13)14-12/h3-7,10H,1-2H3. The van der Waals surface area contributed by atoms with Crippen molar-refractivity contribution in [3.63, 3.8) is 0 Å². The number of hydrogen-bond donors (Lipinski definition) is 0. The lowest BCUT2D eigenvalue weighted by Crippen LogP contribution is -2.19. The van der Waals surface area contributed by atoms with Crippen molar-refractivity contribution in [3.05, 3.63) is 35.4 Å². The number of carbonyl (C=O) groups is 1. The number of carbonyl (C=O) groups excluding carboxylic acids is 1. The number of benzene rings is 1. The maximum Gasteiger partial charge on any atom is 0.172 e. The molecular weight excluding hydrogens is 176 g/mol. The lowest BCUT2D eigenvalue weighted by molar-refractivity contribution is -0.112. The number of aldehydes is 1. The Morgan fingerprint density at radius 1 is 1.36 bits per heavy atom. The molecule has 0 aliphatic carbocycles. The van der Waals surface area contributed by atoms with Crippen molar-refractivity contribution in [2.75, 3.05) is 0 Å². The average Bonchev–Trinajstić information content (AvgIpc) is 2.19. The first kappa shape index (κ1) is 9.00. The van der Waals surface area contributed by atoms with Crippen LogP contribution in [-0.2, 0) is 4.79 Å². The van der Waals surface area contributed by atoms with E-state index in [0.29, 0.717) is 0 Å². The molecule has 0 radical (unpaired) electrons. The molecule has 14 heavy (non-hydrogen) atoms. The summed E-state index contributed by atoms with van der Waals surface area (Å²) in [6, 6.07) is 5.97. The Hall–Kier alpha value is -1.57. The summed E-state index contributed by atoms with van der Waals surface area (Å²) >= 11 is 0. The summed E-state index contributed by atoms with van der Waals surface area (Å²) in [5, 5.41) is 0. The van der Waals surface area contributed by atoms with Crippen LogP contribution in [0.3, 0.4) is 0 Å². The van der Waals surface area contributed by atoms with Crippen LogP contribution in [-0.4, -0.2) is 12.4 Å². The van der Waals surface area contributed by atoms with Gasteiger partial charge in [-0.1, -0.05) is 11.6 Å². The monoisotopic (exact) mass is 188 g/mol. The van der Waals surface area contributed by atoms with E-state index < -0.39 is 6.10 Å². The second-order valence-electron chi connectivity index (χ2n) is 3.57. The van der Waals surface area contributed by atoms with Gasteiger partial charge in [0.2, 0.25) is 0 Å². The van der Waals surface area contributed by atoms with Gasteiger partial charge in [0, 0.05) is 5.56 Å². The number of hydrogen-bond acceptors (Lipinski definition) is 2. The Morgan fingerprint density at radius 3 is 2.86 bits per heavy atom. The summed E-state index contributed by atoms with van der Waals surface area (Å²) in [5.74, 6) is 0.799. The first-order valence-corrected chi connectivity index (χ1v) is 4.62. The number of fused-ring (bicyclic) bond motifs is 1. The molecular formula is C12H12O2. The third-order valence-corrected chi connectivity index (χ3v) is 2.37. The van der Waals surface area contributed by atoms with E-state index in [-0.39, 0.29) is 0 Å². The van der Waals surface area contributed by atoms with Crippen molar-refractivity contribution < 1.29 is 9.53 Å². The summed E-state index contributed by atoms with van der Waals surface area (Å²) in [6.07, 6.45) is 2.23. The van der Waals surface area contributed by atoms with E-state index in [1.165, 1.54) is 5.56 Å². The predicted molar refractivity (Wildman–Crippen MR) is 55.3 cm³/mol. The molecule has 2 nitrogen and oxygen atoms in total. The molecule has 0 saturated carbocycles. The normalized spacial score (nSPS) is 19.3. The van der Waals surface area contributed by atoms with Crippen LogP contribution in [0.2, 0.25) is 0 Å². The van der Waals surface area contributed by atoms with Crippen molar-refractivity contribution in [1.82, 2.24) is 0 Å². The molecule has 0 spiro atoms. The van der Waals surface area contributed by atoms with Crippen LogP contribution in [0.25, 0.3) is 5.57 Å². The van der Waals surface area contributed by atoms with Crippen molar-refractivity contribution in [2.45, 2.75) is 20.0 Å². The number of aryl methyl sites for hydroxylation is 1. The first-order valence-electron chi connectivity index (χ1n) is 4.62. The average molecular weight is 188 g/mol. The second kappa shape index (κ2) is 3.29. The van der Waals surface area contributed by atoms with Crippen LogP contribution in [0.1, 0.15) is 18.1 Å². The first-order chi connectivity index (χ1) is 6.70. The van der Waals surface area contributed by atoms with E-state index in [2.05, 4.69) is 6.07 Å². The van der Waals surface area contributed by atoms with E-state index in [1.54, 1.807) is 0 Å². The Bertz CT molecular complexity index is 405. The molecule has 2 rings (SSSR count). The van der Waals surface area contributed by atoms with Gasteiger partial charge in [0.15, 0.2) is 12.4 Å². The summed E-state index contributed by atoms with van der Waals surface area (Å²) < 4.78 is 5.46. The molecule has 1 aliphatic heterocycles. The maximum absolute atomic E-state index is 10.6. The molecule has 1 unspecified atom stereocenters. The summed E-state index contributed by atoms with van der Waals surface area (Å²) in [7, 11) is 0. The molecule has 1 heterocycles. The van der Waals surface area contributed by atoms with E-state index in [9.17, 15) is 4.79 Å². The third kappa shape index (κ3) is 1.43. The fraction of sp³-hybridized carbons (Fsp3) is 0.250. The van der Waals surface area contributed by atoms with Crippen LogP contribution in [0.15, 0.2) is 24.3 Å². The van der Waals surface area contributed by atoms with Gasteiger partial charge in [-0.3, -0.25) is 4.79 Å². The topological polar surface area (TPSA) is 26.3 Å². The number of ether oxygens (including phenoxy) is 1. The highest BCUT2D eigenvalue weighted by atomic mass is 16.5. The largest absolute Gasteiger partial charge is 0.478 e. The summed E-state index contributed by atoms with van der Waals surface area (Å²) in [4.78, 5) is 10.6. The molecule has 0 saturated heterocycles. The van der Waals surface area contributed by atoms with Crippen LogP contribution in [0, 0.1) is 6.92 Å². The predicted octanol–water partition coefficient (Wildman–Crippen LogP) is 2.36. The minimum atomic E-state index is -0.426. The molecule has 0 amide bonds. The van der Waals surface area contributed by atoms with E-state index in [4.69, 9.17) is 4.74 Å². The molecule has 1 aromatic rings. The molecule has 0 N–H and O–H groups in total. The van der Waals surface area contributed by atoms with Crippen LogP contribution >= 0.6 is 0 Å². The Labute approximate surface area is 83.2 Å². The van der Waals surface area contributed by atoms with Gasteiger partial charge in [-0.05, 0) is 37.6 Å². The van der Waals surface area contributed by atoms with Crippen LogP contribution in [0.4, 0.5) is 0 Å². The highest BCUT2D eigenvalue weighted by molar-refractivity contribution is 5.76. The molecule has 2 heteroatoms. The number of rotatable bonds is 1. The van der Waals surface area contributed by atoms with E-state index in [1.807, 2.05) is 32.1 Å². The van der Waals surface area contributed by atoms with Gasteiger partial charge in [0.05, 0.1) is 0 Å². The lowest BCUT2D eigenvalue weighted by Gasteiger charge is -2.20. The maximum atomic E-state index is 10.6. The van der Waals surface area contributed by atoms with Gasteiger partial charge in [0.25, 0.3) is 0 Å². The molecule has 0 aromatic heterocycles. The van der Waals surface area contributed by atoms with Crippen molar-refractivity contribution >= 4 is 11.9 Å². The fourth-order valence-electron chi connectivity index (χ4n) is 1.64. The van der Waals surface area contributed by atoms with Crippen LogP contribution in [0.5, 0.6) is 5.75 Å². The Kier molecular flexibility index (Phi) is 2.12. The second-order valence-corrected chi connectivity index (χ2v) is 3.57. The van der Waals surface area contributed by atoms with Gasteiger partial charge in [-0.25, -0.2) is 0 Å². The molecule has 1 aliphatic rings. The summed E-state index contributed by atoms with van der Waals surface area (Å²) in [5.41, 5.74) is 3.39. The molecule has 1 atom stereocenters. The lowest BCUT2D eigenvalue weighted by atomic mass is 10.00.